The lowest BCUT2D eigenvalue weighted by atomic mass is 10.0. The SMILES string of the molecule is Cc1ccc(C2=NN(C(=O)CN3CCC(NC(=O)c4ccccc4C)CC3)C(c3ccco3)C2)cc1. The summed E-state index contributed by atoms with van der Waals surface area (Å²) in [5, 5.41) is 9.50. The first-order valence-electron chi connectivity index (χ1n) is 12.6. The number of benzene rings is 2. The highest BCUT2D eigenvalue weighted by molar-refractivity contribution is 6.03. The van der Waals surface area contributed by atoms with Crippen molar-refractivity contribution in [2.45, 2.75) is 45.2 Å². The van der Waals surface area contributed by atoms with Gasteiger partial charge in [0.2, 0.25) is 0 Å². The topological polar surface area (TPSA) is 78.2 Å². The van der Waals surface area contributed by atoms with Gasteiger partial charge in [0.1, 0.15) is 11.8 Å². The summed E-state index contributed by atoms with van der Waals surface area (Å²) in [5.74, 6) is 0.673. The zero-order chi connectivity index (χ0) is 25.1. The number of amides is 2. The van der Waals surface area contributed by atoms with Crippen molar-refractivity contribution < 1.29 is 14.0 Å². The minimum Gasteiger partial charge on any atom is -0.467 e. The Morgan fingerprint density at radius 3 is 2.44 bits per heavy atom. The number of likely N-dealkylation sites (tertiary alicyclic amines) is 1. The van der Waals surface area contributed by atoms with E-state index in [1.807, 2.05) is 43.3 Å². The average molecular weight is 485 g/mol. The van der Waals surface area contributed by atoms with Gasteiger partial charge in [0, 0.05) is 31.1 Å². The van der Waals surface area contributed by atoms with Crippen LogP contribution in [0.3, 0.4) is 0 Å². The first kappa shape index (κ1) is 24.0. The fourth-order valence-electron chi connectivity index (χ4n) is 4.95. The Morgan fingerprint density at radius 2 is 1.75 bits per heavy atom. The van der Waals surface area contributed by atoms with Crippen molar-refractivity contribution in [1.82, 2.24) is 15.2 Å². The molecule has 3 aromatic rings. The fourth-order valence-corrected chi connectivity index (χ4v) is 4.95. The molecule has 0 saturated carbocycles. The van der Waals surface area contributed by atoms with Gasteiger partial charge in [0.05, 0.1) is 18.5 Å². The highest BCUT2D eigenvalue weighted by atomic mass is 16.3. The van der Waals surface area contributed by atoms with Gasteiger partial charge in [-0.05, 0) is 56.0 Å². The monoisotopic (exact) mass is 484 g/mol. The highest BCUT2D eigenvalue weighted by Crippen LogP contribution is 2.33. The highest BCUT2D eigenvalue weighted by Gasteiger charge is 2.36. The number of rotatable bonds is 6. The quantitative estimate of drug-likeness (QED) is 0.560. The Morgan fingerprint density at radius 1 is 1.00 bits per heavy atom. The summed E-state index contributed by atoms with van der Waals surface area (Å²) < 4.78 is 5.67. The van der Waals surface area contributed by atoms with Crippen molar-refractivity contribution in [3.05, 3.63) is 94.9 Å². The van der Waals surface area contributed by atoms with Gasteiger partial charge in [0.25, 0.3) is 11.8 Å². The second-order valence-electron chi connectivity index (χ2n) is 9.73. The molecule has 2 amide bonds. The maximum absolute atomic E-state index is 13.4. The zero-order valence-electron chi connectivity index (χ0n) is 20.8. The van der Waals surface area contributed by atoms with E-state index in [1.165, 1.54) is 5.56 Å². The summed E-state index contributed by atoms with van der Waals surface area (Å²) in [4.78, 5) is 28.2. The van der Waals surface area contributed by atoms with E-state index in [0.29, 0.717) is 13.0 Å². The fraction of sp³-hybridized carbons (Fsp3) is 0.345. The molecule has 0 radical (unpaired) electrons. The molecule has 1 N–H and O–H groups in total. The first-order chi connectivity index (χ1) is 17.5. The Hall–Kier alpha value is -3.71. The molecule has 1 atom stereocenters. The van der Waals surface area contributed by atoms with E-state index < -0.39 is 0 Å². The third kappa shape index (κ3) is 5.26. The Balaban J connectivity index is 1.21. The third-order valence-electron chi connectivity index (χ3n) is 7.09. The number of nitrogens with one attached hydrogen (secondary N) is 1. The number of piperidine rings is 1. The van der Waals surface area contributed by atoms with Crippen LogP contribution in [0, 0.1) is 13.8 Å². The molecule has 36 heavy (non-hydrogen) atoms. The molecule has 5 rings (SSSR count). The van der Waals surface area contributed by atoms with E-state index in [2.05, 4.69) is 41.4 Å². The Labute approximate surface area is 211 Å². The molecule has 2 aromatic carbocycles. The molecular formula is C29H32N4O3. The van der Waals surface area contributed by atoms with E-state index in [4.69, 9.17) is 9.52 Å². The smallest absolute Gasteiger partial charge is 0.257 e. The number of carbonyl (C=O) groups excluding carboxylic acids is 2. The van der Waals surface area contributed by atoms with Crippen molar-refractivity contribution in [1.29, 1.82) is 0 Å². The lowest BCUT2D eigenvalue weighted by Crippen LogP contribution is -2.47. The van der Waals surface area contributed by atoms with E-state index >= 15 is 0 Å². The molecule has 186 valence electrons. The van der Waals surface area contributed by atoms with Crippen LogP contribution in [-0.2, 0) is 4.79 Å². The van der Waals surface area contributed by atoms with Gasteiger partial charge < -0.3 is 9.73 Å². The van der Waals surface area contributed by atoms with Crippen molar-refractivity contribution in [2.75, 3.05) is 19.6 Å². The van der Waals surface area contributed by atoms with Crippen LogP contribution in [0.2, 0.25) is 0 Å². The summed E-state index contributed by atoms with van der Waals surface area (Å²) in [5.41, 5.74) is 4.79. The van der Waals surface area contributed by atoms with Crippen LogP contribution in [0.5, 0.6) is 0 Å². The molecular weight excluding hydrogens is 452 g/mol. The molecule has 0 spiro atoms. The second-order valence-corrected chi connectivity index (χ2v) is 9.73. The van der Waals surface area contributed by atoms with E-state index in [1.54, 1.807) is 11.3 Å². The van der Waals surface area contributed by atoms with Crippen molar-refractivity contribution in [2.24, 2.45) is 5.10 Å². The molecule has 3 heterocycles. The lowest BCUT2D eigenvalue weighted by molar-refractivity contribution is -0.134. The second kappa shape index (κ2) is 10.5. The summed E-state index contributed by atoms with van der Waals surface area (Å²) in [6, 6.07) is 19.5. The summed E-state index contributed by atoms with van der Waals surface area (Å²) in [6.45, 7) is 5.79. The van der Waals surface area contributed by atoms with Crippen LogP contribution in [0.4, 0.5) is 0 Å². The van der Waals surface area contributed by atoms with Gasteiger partial charge in [-0.3, -0.25) is 14.5 Å². The molecule has 0 bridgehead atoms. The lowest BCUT2D eigenvalue weighted by Gasteiger charge is -2.33. The normalized spacial score (nSPS) is 18.8. The van der Waals surface area contributed by atoms with Crippen molar-refractivity contribution in [3.63, 3.8) is 0 Å². The van der Waals surface area contributed by atoms with Crippen LogP contribution >= 0.6 is 0 Å². The predicted octanol–water partition coefficient (Wildman–Crippen LogP) is 4.47. The van der Waals surface area contributed by atoms with Gasteiger partial charge in [-0.15, -0.1) is 0 Å². The molecule has 2 aliphatic rings. The third-order valence-corrected chi connectivity index (χ3v) is 7.09. The molecule has 7 heteroatoms. The van der Waals surface area contributed by atoms with E-state index in [9.17, 15) is 9.59 Å². The van der Waals surface area contributed by atoms with Gasteiger partial charge in [-0.2, -0.15) is 5.10 Å². The number of hydrazone groups is 1. The minimum atomic E-state index is -0.241. The first-order valence-corrected chi connectivity index (χ1v) is 12.6. The van der Waals surface area contributed by atoms with Gasteiger partial charge in [-0.25, -0.2) is 5.01 Å². The number of aryl methyl sites for hydroxylation is 2. The van der Waals surface area contributed by atoms with Crippen LogP contribution in [0.15, 0.2) is 76.4 Å². The average Bonchev–Trinajstić information content (AvgIpc) is 3.56. The number of furan rings is 1. The summed E-state index contributed by atoms with van der Waals surface area (Å²) in [6.07, 6.45) is 3.88. The number of hydrogen-bond donors (Lipinski definition) is 1. The molecule has 1 aromatic heterocycles. The molecule has 0 aliphatic carbocycles. The number of hydrogen-bond acceptors (Lipinski definition) is 5. The largest absolute Gasteiger partial charge is 0.467 e. The maximum atomic E-state index is 13.4. The Bertz CT molecular complexity index is 1240. The molecule has 1 fully saturated rings. The number of nitrogens with zero attached hydrogens (tertiary/aromatic N) is 3. The maximum Gasteiger partial charge on any atom is 0.257 e. The number of carbonyl (C=O) groups is 2. The van der Waals surface area contributed by atoms with Crippen molar-refractivity contribution in [3.8, 4) is 0 Å². The van der Waals surface area contributed by atoms with Crippen LogP contribution in [0.25, 0.3) is 0 Å². The van der Waals surface area contributed by atoms with E-state index in [-0.39, 0.29) is 23.9 Å². The van der Waals surface area contributed by atoms with Crippen LogP contribution < -0.4 is 5.32 Å². The van der Waals surface area contributed by atoms with Crippen LogP contribution in [-0.4, -0.2) is 53.1 Å². The van der Waals surface area contributed by atoms with Crippen LogP contribution in [0.1, 0.15) is 58.1 Å². The molecule has 2 aliphatic heterocycles. The summed E-state index contributed by atoms with van der Waals surface area (Å²) in [7, 11) is 0. The van der Waals surface area contributed by atoms with E-state index in [0.717, 1.165) is 54.1 Å². The minimum absolute atomic E-state index is 0.0287. The molecule has 7 nitrogen and oxygen atoms in total. The van der Waals surface area contributed by atoms with Gasteiger partial charge in [-0.1, -0.05) is 48.0 Å². The van der Waals surface area contributed by atoms with Gasteiger partial charge in [0.15, 0.2) is 0 Å². The standard InChI is InChI=1S/C29H32N4O3/c1-20-9-11-22(12-10-20)25-18-26(27-8-5-17-36-27)33(31-25)28(34)19-32-15-13-23(14-16-32)30-29(35)24-7-4-3-6-21(24)2/h3-12,17,23,26H,13-16,18-19H2,1-2H3,(H,30,35). The molecule has 1 saturated heterocycles. The van der Waals surface area contributed by atoms with Crippen molar-refractivity contribution >= 4 is 17.5 Å². The Kier molecular flexibility index (Phi) is 7.00. The summed E-state index contributed by atoms with van der Waals surface area (Å²) >= 11 is 0. The molecule has 1 unspecified atom stereocenters. The van der Waals surface area contributed by atoms with Gasteiger partial charge >= 0.3 is 0 Å². The predicted molar refractivity (Wildman–Crippen MR) is 139 cm³/mol. The zero-order valence-corrected chi connectivity index (χ0v) is 20.8.